The number of ether oxygens (including phenoxy) is 2. The number of benzene rings is 1. The second-order valence-electron chi connectivity index (χ2n) is 6.87. The molecule has 0 atom stereocenters. The topological polar surface area (TPSA) is 89.7 Å². The van der Waals surface area contributed by atoms with Crippen molar-refractivity contribution in [2.45, 2.75) is 44.9 Å². The predicted molar refractivity (Wildman–Crippen MR) is 109 cm³/mol. The standard InChI is InChI=1S/C19H28N4O4S/c1-11(2)23(12(3)4)16(24)10-28-19-21-20-18(22(19)5)13-8-14(26-6)17(25)15(9-13)27-7/h8-9,11-12,25H,10H2,1-7H3. The maximum atomic E-state index is 12.6. The second kappa shape index (κ2) is 9.18. The van der Waals surface area contributed by atoms with E-state index in [0.717, 1.165) is 0 Å². The molecule has 1 amide bonds. The van der Waals surface area contributed by atoms with Crippen molar-refractivity contribution in [3.63, 3.8) is 0 Å². The first-order valence-corrected chi connectivity index (χ1v) is 9.98. The van der Waals surface area contributed by atoms with Gasteiger partial charge in [0, 0.05) is 24.7 Å². The number of thioether (sulfide) groups is 1. The number of nitrogens with zero attached hydrogens (tertiary/aromatic N) is 4. The number of hydrogen-bond acceptors (Lipinski definition) is 7. The Bertz CT molecular complexity index is 802. The summed E-state index contributed by atoms with van der Waals surface area (Å²) in [7, 11) is 4.77. The van der Waals surface area contributed by atoms with Gasteiger partial charge in [0.15, 0.2) is 22.5 Å². The number of amides is 1. The van der Waals surface area contributed by atoms with Gasteiger partial charge < -0.3 is 24.0 Å². The van der Waals surface area contributed by atoms with Gasteiger partial charge in [-0.1, -0.05) is 11.8 Å². The molecule has 0 radical (unpaired) electrons. The number of phenolic OH excluding ortho intramolecular Hbond substituents is 1. The number of phenols is 1. The normalized spacial score (nSPS) is 11.2. The van der Waals surface area contributed by atoms with Crippen LogP contribution < -0.4 is 9.47 Å². The number of aromatic hydroxyl groups is 1. The summed E-state index contributed by atoms with van der Waals surface area (Å²) in [6.07, 6.45) is 0. The van der Waals surface area contributed by atoms with Gasteiger partial charge in [-0.2, -0.15) is 0 Å². The molecular weight excluding hydrogens is 380 g/mol. The number of rotatable bonds is 8. The van der Waals surface area contributed by atoms with Crippen LogP contribution in [-0.4, -0.2) is 62.7 Å². The van der Waals surface area contributed by atoms with E-state index < -0.39 is 0 Å². The molecule has 0 aliphatic heterocycles. The van der Waals surface area contributed by atoms with Crippen molar-refractivity contribution in [2.24, 2.45) is 7.05 Å². The molecule has 1 aromatic heterocycles. The predicted octanol–water partition coefficient (Wildman–Crippen LogP) is 2.94. The Morgan fingerprint density at radius 3 is 2.14 bits per heavy atom. The third-order valence-electron chi connectivity index (χ3n) is 4.30. The lowest BCUT2D eigenvalue weighted by molar-refractivity contribution is -0.131. The molecule has 2 rings (SSSR count). The molecule has 1 N–H and O–H groups in total. The molecule has 0 aliphatic carbocycles. The van der Waals surface area contributed by atoms with Gasteiger partial charge in [-0.25, -0.2) is 0 Å². The molecule has 0 saturated carbocycles. The zero-order chi connectivity index (χ0) is 21.0. The van der Waals surface area contributed by atoms with E-state index in [0.29, 0.717) is 16.5 Å². The molecule has 0 aliphatic rings. The van der Waals surface area contributed by atoms with Crippen molar-refractivity contribution in [3.05, 3.63) is 12.1 Å². The average molecular weight is 409 g/mol. The number of carbonyl (C=O) groups excluding carboxylic acids is 1. The molecule has 1 heterocycles. The summed E-state index contributed by atoms with van der Waals surface area (Å²) in [5.41, 5.74) is 0.686. The number of methoxy groups -OCH3 is 2. The highest BCUT2D eigenvalue weighted by molar-refractivity contribution is 7.99. The van der Waals surface area contributed by atoms with Crippen LogP contribution in [0.1, 0.15) is 27.7 Å². The zero-order valence-corrected chi connectivity index (χ0v) is 18.2. The van der Waals surface area contributed by atoms with Crippen LogP contribution in [0.2, 0.25) is 0 Å². The first-order valence-electron chi connectivity index (χ1n) is 8.99. The molecule has 0 unspecified atom stereocenters. The fourth-order valence-electron chi connectivity index (χ4n) is 3.09. The molecule has 28 heavy (non-hydrogen) atoms. The van der Waals surface area contributed by atoms with Crippen molar-refractivity contribution >= 4 is 17.7 Å². The lowest BCUT2D eigenvalue weighted by Gasteiger charge is -2.30. The van der Waals surface area contributed by atoms with Gasteiger partial charge in [0.25, 0.3) is 0 Å². The quantitative estimate of drug-likeness (QED) is 0.672. The van der Waals surface area contributed by atoms with Crippen molar-refractivity contribution in [3.8, 4) is 28.6 Å². The van der Waals surface area contributed by atoms with E-state index in [2.05, 4.69) is 10.2 Å². The van der Waals surface area contributed by atoms with Crippen LogP contribution in [0.25, 0.3) is 11.4 Å². The summed E-state index contributed by atoms with van der Waals surface area (Å²) in [5, 5.41) is 19.2. The van der Waals surface area contributed by atoms with Crippen LogP contribution in [0, 0.1) is 0 Å². The SMILES string of the molecule is COc1cc(-c2nnc(SCC(=O)N(C(C)C)C(C)C)n2C)cc(OC)c1O. The molecule has 9 heteroatoms. The van der Waals surface area contributed by atoms with Crippen molar-refractivity contribution in [1.29, 1.82) is 0 Å². The van der Waals surface area contributed by atoms with E-state index in [4.69, 9.17) is 9.47 Å². The molecule has 0 fully saturated rings. The van der Waals surface area contributed by atoms with Gasteiger partial charge >= 0.3 is 0 Å². The Hall–Kier alpha value is -2.42. The fourth-order valence-corrected chi connectivity index (χ4v) is 3.87. The van der Waals surface area contributed by atoms with E-state index in [1.165, 1.54) is 26.0 Å². The lowest BCUT2D eigenvalue weighted by atomic mass is 10.1. The fraction of sp³-hybridized carbons (Fsp3) is 0.526. The van der Waals surface area contributed by atoms with Crippen LogP contribution in [0.5, 0.6) is 17.2 Å². The van der Waals surface area contributed by atoms with Gasteiger partial charge in [-0.05, 0) is 39.8 Å². The van der Waals surface area contributed by atoms with E-state index in [-0.39, 0.29) is 41.0 Å². The second-order valence-corrected chi connectivity index (χ2v) is 7.81. The first kappa shape index (κ1) is 21.9. The van der Waals surface area contributed by atoms with Crippen LogP contribution in [0.4, 0.5) is 0 Å². The van der Waals surface area contributed by atoms with E-state index >= 15 is 0 Å². The highest BCUT2D eigenvalue weighted by Gasteiger charge is 2.22. The third-order valence-corrected chi connectivity index (χ3v) is 5.30. The van der Waals surface area contributed by atoms with Crippen LogP contribution >= 0.6 is 11.8 Å². The Morgan fingerprint density at radius 1 is 1.14 bits per heavy atom. The van der Waals surface area contributed by atoms with Gasteiger partial charge in [0.2, 0.25) is 11.7 Å². The van der Waals surface area contributed by atoms with E-state index in [1.807, 2.05) is 39.6 Å². The largest absolute Gasteiger partial charge is 0.502 e. The van der Waals surface area contributed by atoms with Crippen molar-refractivity contribution < 1.29 is 19.4 Å². The highest BCUT2D eigenvalue weighted by atomic mass is 32.2. The average Bonchev–Trinajstić information content (AvgIpc) is 3.00. The summed E-state index contributed by atoms with van der Waals surface area (Å²) >= 11 is 1.34. The minimum absolute atomic E-state index is 0.0625. The van der Waals surface area contributed by atoms with Crippen LogP contribution in [-0.2, 0) is 11.8 Å². The number of carbonyl (C=O) groups is 1. The minimum Gasteiger partial charge on any atom is -0.502 e. The molecule has 0 bridgehead atoms. The lowest BCUT2D eigenvalue weighted by Crippen LogP contribution is -2.43. The maximum Gasteiger partial charge on any atom is 0.233 e. The highest BCUT2D eigenvalue weighted by Crippen LogP contribution is 2.40. The Kier molecular flexibility index (Phi) is 7.17. The zero-order valence-electron chi connectivity index (χ0n) is 17.4. The molecule has 0 spiro atoms. The van der Waals surface area contributed by atoms with Crippen molar-refractivity contribution in [1.82, 2.24) is 19.7 Å². The van der Waals surface area contributed by atoms with Crippen LogP contribution in [0.15, 0.2) is 17.3 Å². The summed E-state index contributed by atoms with van der Waals surface area (Å²) in [6.45, 7) is 8.03. The van der Waals surface area contributed by atoms with Gasteiger partial charge in [-0.15, -0.1) is 10.2 Å². The van der Waals surface area contributed by atoms with Crippen LogP contribution in [0.3, 0.4) is 0 Å². The summed E-state index contributed by atoms with van der Waals surface area (Å²) in [6, 6.07) is 3.61. The van der Waals surface area contributed by atoms with Gasteiger partial charge in [-0.3, -0.25) is 4.79 Å². The van der Waals surface area contributed by atoms with Crippen molar-refractivity contribution in [2.75, 3.05) is 20.0 Å². The van der Waals surface area contributed by atoms with E-state index in [9.17, 15) is 9.90 Å². The third kappa shape index (κ3) is 4.52. The first-order chi connectivity index (χ1) is 13.2. The Morgan fingerprint density at radius 2 is 1.68 bits per heavy atom. The summed E-state index contributed by atoms with van der Waals surface area (Å²) in [5.74, 6) is 1.42. The molecule has 8 nitrogen and oxygen atoms in total. The molecule has 0 saturated heterocycles. The smallest absolute Gasteiger partial charge is 0.233 e. The number of hydrogen-bond donors (Lipinski definition) is 1. The summed E-state index contributed by atoms with van der Waals surface area (Å²) < 4.78 is 12.2. The van der Waals surface area contributed by atoms with Gasteiger partial charge in [0.05, 0.1) is 20.0 Å². The summed E-state index contributed by atoms with van der Waals surface area (Å²) in [4.78, 5) is 14.4. The Balaban J connectivity index is 2.24. The maximum absolute atomic E-state index is 12.6. The molecular formula is C19H28N4O4S. The van der Waals surface area contributed by atoms with E-state index in [1.54, 1.807) is 16.7 Å². The minimum atomic E-state index is -0.0708. The molecule has 2 aromatic rings. The van der Waals surface area contributed by atoms with Gasteiger partial charge in [0.1, 0.15) is 0 Å². The molecule has 1 aromatic carbocycles. The molecule has 154 valence electrons. The monoisotopic (exact) mass is 408 g/mol. The Labute approximate surface area is 169 Å². The number of aromatic nitrogens is 3.